The van der Waals surface area contributed by atoms with Gasteiger partial charge in [-0.2, -0.15) is 0 Å². The number of para-hydroxylation sites is 1. The fourth-order valence-corrected chi connectivity index (χ4v) is 3.20. The van der Waals surface area contributed by atoms with Gasteiger partial charge < -0.3 is 20.2 Å². The molecule has 1 atom stereocenters. The van der Waals surface area contributed by atoms with E-state index >= 15 is 0 Å². The van der Waals surface area contributed by atoms with Crippen molar-refractivity contribution in [2.45, 2.75) is 26.2 Å². The maximum absolute atomic E-state index is 12.2. The molecule has 1 heterocycles. The van der Waals surface area contributed by atoms with Gasteiger partial charge in [-0.05, 0) is 44.2 Å². The van der Waals surface area contributed by atoms with E-state index in [0.717, 1.165) is 38.0 Å². The second-order valence-electron chi connectivity index (χ2n) is 6.47. The van der Waals surface area contributed by atoms with Crippen molar-refractivity contribution in [3.05, 3.63) is 30.3 Å². The van der Waals surface area contributed by atoms with E-state index in [1.54, 1.807) is 4.90 Å². The number of nitrogens with zero attached hydrogens (tertiary/aromatic N) is 2. The van der Waals surface area contributed by atoms with E-state index in [9.17, 15) is 14.7 Å². The van der Waals surface area contributed by atoms with Crippen LogP contribution < -0.4 is 10.2 Å². The molecular formula is C19H29N3O3. The molecule has 6 nitrogen and oxygen atoms in total. The van der Waals surface area contributed by atoms with Crippen LogP contribution in [0.15, 0.2) is 30.3 Å². The highest BCUT2D eigenvalue weighted by Crippen LogP contribution is 2.16. The van der Waals surface area contributed by atoms with E-state index in [1.165, 1.54) is 0 Å². The lowest BCUT2D eigenvalue weighted by Gasteiger charge is -2.31. The summed E-state index contributed by atoms with van der Waals surface area (Å²) in [5.74, 6) is -0.926. The Hall–Kier alpha value is -2.08. The summed E-state index contributed by atoms with van der Waals surface area (Å²) in [6, 6.07) is 10.2. The second-order valence-corrected chi connectivity index (χ2v) is 6.47. The van der Waals surface area contributed by atoms with Crippen molar-refractivity contribution in [3.8, 4) is 0 Å². The minimum atomic E-state index is -0.540. The highest BCUT2D eigenvalue weighted by atomic mass is 16.3. The minimum absolute atomic E-state index is 0.0672. The van der Waals surface area contributed by atoms with Gasteiger partial charge in [-0.3, -0.25) is 9.59 Å². The number of anilines is 1. The van der Waals surface area contributed by atoms with E-state index in [4.69, 9.17) is 0 Å². The number of aliphatic hydroxyl groups excluding tert-OH is 1. The fraction of sp³-hybridized carbons (Fsp3) is 0.579. The molecule has 1 aliphatic rings. The number of carbonyl (C=O) groups is 2. The molecule has 2 rings (SSSR count). The fourth-order valence-electron chi connectivity index (χ4n) is 3.20. The van der Waals surface area contributed by atoms with Crippen LogP contribution in [0.2, 0.25) is 0 Å². The SMILES string of the molecule is CCN(CCCNC(=O)C(=O)N1CCCC(CO)C1)c1ccccc1. The number of aliphatic hydroxyl groups is 1. The van der Waals surface area contributed by atoms with Gasteiger partial charge in [0, 0.05) is 45.0 Å². The summed E-state index contributed by atoms with van der Waals surface area (Å²) in [6.07, 6.45) is 2.53. The molecule has 0 spiro atoms. The summed E-state index contributed by atoms with van der Waals surface area (Å²) in [5, 5.41) is 12.0. The number of hydrogen-bond donors (Lipinski definition) is 2. The first-order valence-corrected chi connectivity index (χ1v) is 9.13. The van der Waals surface area contributed by atoms with Gasteiger partial charge in [0.15, 0.2) is 0 Å². The zero-order valence-electron chi connectivity index (χ0n) is 15.0. The van der Waals surface area contributed by atoms with E-state index in [-0.39, 0.29) is 12.5 Å². The molecule has 0 radical (unpaired) electrons. The zero-order chi connectivity index (χ0) is 18.1. The molecule has 6 heteroatoms. The van der Waals surface area contributed by atoms with Crippen molar-refractivity contribution in [3.63, 3.8) is 0 Å². The zero-order valence-corrected chi connectivity index (χ0v) is 15.0. The maximum atomic E-state index is 12.2. The molecule has 1 fully saturated rings. The van der Waals surface area contributed by atoms with Gasteiger partial charge >= 0.3 is 11.8 Å². The number of hydrogen-bond acceptors (Lipinski definition) is 4. The lowest BCUT2D eigenvalue weighted by molar-refractivity contribution is -0.147. The molecule has 138 valence electrons. The Morgan fingerprint density at radius 1 is 1.32 bits per heavy atom. The van der Waals surface area contributed by atoms with Gasteiger partial charge in [-0.1, -0.05) is 18.2 Å². The largest absolute Gasteiger partial charge is 0.396 e. The van der Waals surface area contributed by atoms with Crippen molar-refractivity contribution in [1.29, 1.82) is 0 Å². The molecule has 0 aromatic heterocycles. The van der Waals surface area contributed by atoms with Crippen LogP contribution in [0, 0.1) is 5.92 Å². The van der Waals surface area contributed by atoms with E-state index in [1.807, 2.05) is 18.2 Å². The third kappa shape index (κ3) is 5.74. The number of rotatable bonds is 7. The van der Waals surface area contributed by atoms with Gasteiger partial charge in [0.05, 0.1) is 0 Å². The van der Waals surface area contributed by atoms with Crippen molar-refractivity contribution < 1.29 is 14.7 Å². The Morgan fingerprint density at radius 3 is 2.76 bits per heavy atom. The summed E-state index contributed by atoms with van der Waals surface area (Å²) in [5.41, 5.74) is 1.16. The number of piperidine rings is 1. The van der Waals surface area contributed by atoms with E-state index < -0.39 is 11.8 Å². The van der Waals surface area contributed by atoms with Crippen LogP contribution in [-0.2, 0) is 9.59 Å². The van der Waals surface area contributed by atoms with Crippen LogP contribution in [0.4, 0.5) is 5.69 Å². The van der Waals surface area contributed by atoms with Crippen molar-refractivity contribution in [1.82, 2.24) is 10.2 Å². The third-order valence-electron chi connectivity index (χ3n) is 4.65. The molecule has 1 aliphatic heterocycles. The Bertz CT molecular complexity index is 550. The quantitative estimate of drug-likeness (QED) is 0.575. The Kier molecular flexibility index (Phi) is 7.73. The van der Waals surface area contributed by atoms with Crippen LogP contribution in [0.3, 0.4) is 0 Å². The van der Waals surface area contributed by atoms with Crippen LogP contribution >= 0.6 is 0 Å². The first kappa shape index (κ1) is 19.2. The Labute approximate surface area is 149 Å². The van der Waals surface area contributed by atoms with Crippen LogP contribution in [-0.4, -0.2) is 61.2 Å². The molecular weight excluding hydrogens is 318 g/mol. The number of benzene rings is 1. The standard InChI is InChI=1S/C19H29N3O3/c1-2-21(17-9-4-3-5-10-17)13-7-11-20-18(24)19(25)22-12-6-8-16(14-22)15-23/h3-5,9-10,16,23H,2,6-8,11-15H2,1H3,(H,20,24). The predicted octanol–water partition coefficient (Wildman–Crippen LogP) is 1.25. The maximum Gasteiger partial charge on any atom is 0.311 e. The predicted molar refractivity (Wildman–Crippen MR) is 98.3 cm³/mol. The van der Waals surface area contributed by atoms with Crippen molar-refractivity contribution in [2.75, 3.05) is 44.2 Å². The molecule has 0 bridgehead atoms. The Morgan fingerprint density at radius 2 is 2.08 bits per heavy atom. The number of carbonyl (C=O) groups excluding carboxylic acids is 2. The minimum Gasteiger partial charge on any atom is -0.396 e. The van der Waals surface area contributed by atoms with Crippen molar-refractivity contribution in [2.24, 2.45) is 5.92 Å². The molecule has 25 heavy (non-hydrogen) atoms. The van der Waals surface area contributed by atoms with Crippen LogP contribution in [0.25, 0.3) is 0 Å². The van der Waals surface area contributed by atoms with E-state index in [0.29, 0.717) is 19.6 Å². The van der Waals surface area contributed by atoms with Gasteiger partial charge in [-0.25, -0.2) is 0 Å². The average Bonchev–Trinajstić information content (AvgIpc) is 2.68. The molecule has 1 unspecified atom stereocenters. The van der Waals surface area contributed by atoms with Crippen molar-refractivity contribution >= 4 is 17.5 Å². The third-order valence-corrected chi connectivity index (χ3v) is 4.65. The van der Waals surface area contributed by atoms with Gasteiger partial charge in [0.2, 0.25) is 0 Å². The monoisotopic (exact) mass is 347 g/mol. The molecule has 2 amide bonds. The highest BCUT2D eigenvalue weighted by Gasteiger charge is 2.27. The highest BCUT2D eigenvalue weighted by molar-refractivity contribution is 6.35. The second kappa shape index (κ2) is 10.0. The van der Waals surface area contributed by atoms with Gasteiger partial charge in [-0.15, -0.1) is 0 Å². The lowest BCUT2D eigenvalue weighted by Crippen LogP contribution is -2.48. The average molecular weight is 347 g/mol. The molecule has 2 N–H and O–H groups in total. The van der Waals surface area contributed by atoms with Crippen LogP contribution in [0.1, 0.15) is 26.2 Å². The number of likely N-dealkylation sites (tertiary alicyclic amines) is 1. The smallest absolute Gasteiger partial charge is 0.311 e. The van der Waals surface area contributed by atoms with Gasteiger partial charge in [0.25, 0.3) is 0 Å². The Balaban J connectivity index is 1.71. The molecule has 0 saturated carbocycles. The summed E-state index contributed by atoms with van der Waals surface area (Å²) in [7, 11) is 0. The molecule has 1 aromatic carbocycles. The summed E-state index contributed by atoms with van der Waals surface area (Å²) >= 11 is 0. The summed E-state index contributed by atoms with van der Waals surface area (Å²) < 4.78 is 0. The van der Waals surface area contributed by atoms with Gasteiger partial charge in [0.1, 0.15) is 0 Å². The number of amides is 2. The molecule has 1 saturated heterocycles. The summed E-state index contributed by atoms with van der Waals surface area (Å²) in [6.45, 7) is 5.44. The number of nitrogens with one attached hydrogen (secondary N) is 1. The lowest BCUT2D eigenvalue weighted by atomic mass is 9.99. The first-order valence-electron chi connectivity index (χ1n) is 9.13. The summed E-state index contributed by atoms with van der Waals surface area (Å²) in [4.78, 5) is 28.0. The molecule has 0 aliphatic carbocycles. The van der Waals surface area contributed by atoms with E-state index in [2.05, 4.69) is 29.3 Å². The van der Waals surface area contributed by atoms with Crippen LogP contribution in [0.5, 0.6) is 0 Å². The first-order chi connectivity index (χ1) is 12.2. The normalized spacial score (nSPS) is 17.2. The molecule has 1 aromatic rings. The topological polar surface area (TPSA) is 72.9 Å².